The fraction of sp³-hybridized carbons (Fsp3) is 0.0909. The molecule has 3 aromatic rings. The Labute approximate surface area is 200 Å². The van der Waals surface area contributed by atoms with Crippen LogP contribution in [0.1, 0.15) is 21.5 Å². The van der Waals surface area contributed by atoms with Crippen molar-refractivity contribution in [3.8, 4) is 11.5 Å². The highest BCUT2D eigenvalue weighted by Crippen LogP contribution is 2.23. The molecule has 0 saturated carbocycles. The normalized spacial score (nSPS) is 10.8. The Bertz CT molecular complexity index is 1070. The van der Waals surface area contributed by atoms with Gasteiger partial charge in [-0.3, -0.25) is 4.79 Å². The van der Waals surface area contributed by atoms with Crippen molar-refractivity contribution in [3.63, 3.8) is 0 Å². The van der Waals surface area contributed by atoms with Crippen molar-refractivity contribution in [3.05, 3.63) is 90.3 Å². The van der Waals surface area contributed by atoms with Crippen molar-refractivity contribution in [1.82, 2.24) is 5.43 Å². The van der Waals surface area contributed by atoms with Crippen LogP contribution in [-0.4, -0.2) is 19.2 Å². The average molecular weight is 630 g/mol. The number of carbonyl (C=O) groups is 1. The van der Waals surface area contributed by atoms with E-state index in [1.54, 1.807) is 37.6 Å². The number of carbonyl (C=O) groups excluding carboxylic acids is 1. The maximum Gasteiger partial charge on any atom is 0.271 e. The Morgan fingerprint density at radius 3 is 2.50 bits per heavy atom. The van der Waals surface area contributed by atoms with Crippen molar-refractivity contribution < 1.29 is 18.7 Å². The summed E-state index contributed by atoms with van der Waals surface area (Å²) < 4.78 is 25.8. The van der Waals surface area contributed by atoms with Gasteiger partial charge >= 0.3 is 0 Å². The van der Waals surface area contributed by atoms with E-state index in [4.69, 9.17) is 9.47 Å². The minimum absolute atomic E-state index is 0.273. The molecule has 0 saturated heterocycles. The molecule has 0 heterocycles. The number of hydrazone groups is 1. The molecule has 8 heteroatoms. The first kappa shape index (κ1) is 22.5. The monoisotopic (exact) mass is 630 g/mol. The molecule has 3 aromatic carbocycles. The first-order valence-electron chi connectivity index (χ1n) is 8.80. The largest absolute Gasteiger partial charge is 0.496 e. The second kappa shape index (κ2) is 10.7. The van der Waals surface area contributed by atoms with Gasteiger partial charge in [0.2, 0.25) is 0 Å². The number of hydrogen-bond acceptors (Lipinski definition) is 4. The molecule has 154 valence electrons. The van der Waals surface area contributed by atoms with E-state index in [1.165, 1.54) is 12.1 Å². The molecule has 0 spiro atoms. The fourth-order valence-electron chi connectivity index (χ4n) is 2.49. The number of hydrogen-bond donors (Lipinski definition) is 1. The highest BCUT2D eigenvalue weighted by molar-refractivity contribution is 14.1. The summed E-state index contributed by atoms with van der Waals surface area (Å²) >= 11 is 4.31. The van der Waals surface area contributed by atoms with Gasteiger partial charge in [-0.05, 0) is 105 Å². The molecule has 5 nitrogen and oxygen atoms in total. The summed E-state index contributed by atoms with van der Waals surface area (Å²) in [4.78, 5) is 12.2. The van der Waals surface area contributed by atoms with Crippen LogP contribution in [0, 0.1) is 13.0 Å². The van der Waals surface area contributed by atoms with Crippen LogP contribution in [0.25, 0.3) is 0 Å². The molecule has 0 bridgehead atoms. The number of nitrogens with zero attached hydrogens (tertiary/aromatic N) is 1. The third-order valence-corrected chi connectivity index (χ3v) is 5.79. The predicted octanol–water partition coefficient (Wildman–Crippen LogP) is 5.39. The molecule has 0 aliphatic carbocycles. The molecular formula is C22H17FI2N2O3. The summed E-state index contributed by atoms with van der Waals surface area (Å²) in [5.41, 5.74) is 4.67. The number of rotatable bonds is 7. The van der Waals surface area contributed by atoms with Gasteiger partial charge in [0, 0.05) is 5.56 Å². The first-order valence-corrected chi connectivity index (χ1v) is 11.0. The molecule has 30 heavy (non-hydrogen) atoms. The summed E-state index contributed by atoms with van der Waals surface area (Å²) in [6, 6.07) is 16.9. The van der Waals surface area contributed by atoms with Crippen molar-refractivity contribution >= 4 is 57.3 Å². The summed E-state index contributed by atoms with van der Waals surface area (Å²) in [5.74, 6) is 0.755. The molecule has 0 aliphatic rings. The van der Waals surface area contributed by atoms with Gasteiger partial charge in [0.05, 0.1) is 20.5 Å². The molecule has 0 unspecified atom stereocenters. The fourth-order valence-corrected chi connectivity index (χ4v) is 3.74. The van der Waals surface area contributed by atoms with Crippen molar-refractivity contribution in [2.24, 2.45) is 5.10 Å². The number of nitrogens with one attached hydrogen (secondary N) is 1. The minimum atomic E-state index is -0.324. The Hall–Kier alpha value is -2.21. The van der Waals surface area contributed by atoms with Crippen LogP contribution in [-0.2, 0) is 6.61 Å². The summed E-state index contributed by atoms with van der Waals surface area (Å²) in [7, 11) is 1.56. The van der Waals surface area contributed by atoms with Crippen molar-refractivity contribution in [2.75, 3.05) is 7.11 Å². The Kier molecular flexibility index (Phi) is 8.02. The zero-order valence-corrected chi connectivity index (χ0v) is 20.2. The third-order valence-electron chi connectivity index (χ3n) is 4.06. The molecule has 0 aliphatic heterocycles. The number of benzene rings is 3. The van der Waals surface area contributed by atoms with Crippen LogP contribution < -0.4 is 14.9 Å². The lowest BCUT2D eigenvalue weighted by atomic mass is 10.2. The Morgan fingerprint density at radius 2 is 1.80 bits per heavy atom. The number of halogens is 3. The van der Waals surface area contributed by atoms with E-state index in [2.05, 4.69) is 55.7 Å². The van der Waals surface area contributed by atoms with Crippen LogP contribution >= 0.6 is 45.2 Å². The second-order valence-corrected chi connectivity index (χ2v) is 8.48. The van der Waals surface area contributed by atoms with Gasteiger partial charge < -0.3 is 9.47 Å². The molecule has 0 atom stereocenters. The number of methoxy groups -OCH3 is 1. The lowest BCUT2D eigenvalue weighted by molar-refractivity contribution is 0.0954. The maximum absolute atomic E-state index is 13.0. The first-order chi connectivity index (χ1) is 14.5. The quantitative estimate of drug-likeness (QED) is 0.217. The summed E-state index contributed by atoms with van der Waals surface area (Å²) in [6.07, 6.45) is 1.56. The van der Waals surface area contributed by atoms with Crippen LogP contribution in [0.3, 0.4) is 0 Å². The summed E-state index contributed by atoms with van der Waals surface area (Å²) in [6.45, 7) is 0.346. The topological polar surface area (TPSA) is 59.9 Å². The highest BCUT2D eigenvalue weighted by Gasteiger charge is 2.08. The second-order valence-electron chi connectivity index (χ2n) is 6.15. The van der Waals surface area contributed by atoms with Crippen LogP contribution in [0.2, 0.25) is 0 Å². The minimum Gasteiger partial charge on any atom is -0.496 e. The number of amides is 1. The molecule has 0 aromatic heterocycles. The molecule has 0 fully saturated rings. The smallest absolute Gasteiger partial charge is 0.271 e. The van der Waals surface area contributed by atoms with Gasteiger partial charge in [-0.25, -0.2) is 9.82 Å². The lowest BCUT2D eigenvalue weighted by Crippen LogP contribution is -2.17. The molecule has 3 rings (SSSR count). The standard InChI is InChI=1S/C22H17FI2N2O3/c1-29-21-11-16(5-8-18(21)24)22(28)27-26-12-15-4-9-20(19(25)10-15)30-13-14-2-6-17(23)7-3-14/h2-12H,13H2,1H3,(H,27,28)/b26-12-. The van der Waals surface area contributed by atoms with E-state index in [1.807, 2.05) is 24.3 Å². The molecule has 1 N–H and O–H groups in total. The van der Waals surface area contributed by atoms with E-state index < -0.39 is 0 Å². The Balaban J connectivity index is 1.58. The third kappa shape index (κ3) is 6.14. The van der Waals surface area contributed by atoms with Crippen LogP contribution in [0.5, 0.6) is 11.5 Å². The summed E-state index contributed by atoms with van der Waals surface area (Å²) in [5, 5.41) is 4.02. The Morgan fingerprint density at radius 1 is 1.03 bits per heavy atom. The van der Waals surface area contributed by atoms with E-state index in [-0.39, 0.29) is 11.7 Å². The molecule has 0 radical (unpaired) electrons. The number of ether oxygens (including phenoxy) is 2. The van der Waals surface area contributed by atoms with E-state index in [0.717, 1.165) is 18.3 Å². The maximum atomic E-state index is 13.0. The van der Waals surface area contributed by atoms with Crippen LogP contribution in [0.15, 0.2) is 65.8 Å². The van der Waals surface area contributed by atoms with Gasteiger partial charge in [-0.1, -0.05) is 12.1 Å². The van der Waals surface area contributed by atoms with Gasteiger partial charge in [-0.2, -0.15) is 5.10 Å². The van der Waals surface area contributed by atoms with E-state index in [0.29, 0.717) is 23.7 Å². The van der Waals surface area contributed by atoms with Gasteiger partial charge in [-0.15, -0.1) is 0 Å². The van der Waals surface area contributed by atoms with Gasteiger partial charge in [0.15, 0.2) is 0 Å². The highest BCUT2D eigenvalue weighted by atomic mass is 127. The van der Waals surface area contributed by atoms with Gasteiger partial charge in [0.1, 0.15) is 23.9 Å². The lowest BCUT2D eigenvalue weighted by Gasteiger charge is -2.09. The van der Waals surface area contributed by atoms with Gasteiger partial charge in [0.25, 0.3) is 5.91 Å². The predicted molar refractivity (Wildman–Crippen MR) is 131 cm³/mol. The molecule has 1 amide bonds. The average Bonchev–Trinajstić information content (AvgIpc) is 2.74. The van der Waals surface area contributed by atoms with Crippen molar-refractivity contribution in [1.29, 1.82) is 0 Å². The molecular weight excluding hydrogens is 613 g/mol. The van der Waals surface area contributed by atoms with Crippen LogP contribution in [0.4, 0.5) is 4.39 Å². The SMILES string of the molecule is COc1cc(C(=O)N/N=C\c2ccc(OCc3ccc(F)cc3)c(I)c2)ccc1I. The van der Waals surface area contributed by atoms with E-state index >= 15 is 0 Å². The van der Waals surface area contributed by atoms with Crippen molar-refractivity contribution in [2.45, 2.75) is 6.61 Å². The zero-order chi connectivity index (χ0) is 21.5. The van der Waals surface area contributed by atoms with E-state index in [9.17, 15) is 9.18 Å². The zero-order valence-electron chi connectivity index (χ0n) is 15.9.